The number of hydrogen-bond acceptors (Lipinski definition) is 8. The van der Waals surface area contributed by atoms with Crippen molar-refractivity contribution in [3.8, 4) is 22.6 Å². The molecule has 192 valence electrons. The number of ether oxygens (including phenoxy) is 4. The highest BCUT2D eigenvalue weighted by atomic mass is 35.5. The molecule has 2 atom stereocenters. The number of aromatic nitrogens is 2. The SMILES string of the molecule is COc1cc(OC)c(Cl)c(-c2ccc3nc(N[C@@H]4COCC4CC(=O)OC(C)(C)C)ncc3c2)c1Cl. The zero-order valence-electron chi connectivity index (χ0n) is 20.9. The highest BCUT2D eigenvalue weighted by Gasteiger charge is 2.32. The van der Waals surface area contributed by atoms with Gasteiger partial charge in [0.05, 0.1) is 55.5 Å². The standard InChI is InChI=1S/C26H29Cl2N3O5/c1-26(2,3)36-21(32)9-16-12-35-13-18(16)31-25-29-11-15-8-14(6-7-17(15)30-25)22-23(27)19(33-4)10-20(34-5)24(22)28/h6-8,10-11,16,18H,9,12-13H2,1-5H3,(H,29,30,31)/t16?,18-/m1/s1. The van der Waals surface area contributed by atoms with E-state index in [9.17, 15) is 4.79 Å². The lowest BCUT2D eigenvalue weighted by Crippen LogP contribution is -2.32. The molecule has 0 spiro atoms. The molecule has 1 aliphatic rings. The van der Waals surface area contributed by atoms with E-state index in [1.165, 1.54) is 14.2 Å². The topological polar surface area (TPSA) is 91.8 Å². The maximum Gasteiger partial charge on any atom is 0.306 e. The third kappa shape index (κ3) is 5.77. The van der Waals surface area contributed by atoms with E-state index in [-0.39, 0.29) is 24.3 Å². The van der Waals surface area contributed by atoms with E-state index in [4.69, 9.17) is 42.1 Å². The Bertz CT molecular complexity index is 1250. The highest BCUT2D eigenvalue weighted by molar-refractivity contribution is 6.41. The molecule has 8 nitrogen and oxygen atoms in total. The number of hydrogen-bond donors (Lipinski definition) is 1. The quantitative estimate of drug-likeness (QED) is 0.382. The Hall–Kier alpha value is -2.81. The van der Waals surface area contributed by atoms with Crippen molar-refractivity contribution in [3.05, 3.63) is 40.5 Å². The van der Waals surface area contributed by atoms with Crippen LogP contribution in [0.4, 0.5) is 5.95 Å². The Labute approximate surface area is 220 Å². The van der Waals surface area contributed by atoms with Crippen LogP contribution >= 0.6 is 23.2 Å². The minimum Gasteiger partial charge on any atom is -0.495 e. The van der Waals surface area contributed by atoms with Crippen LogP contribution in [0.1, 0.15) is 27.2 Å². The molecule has 4 rings (SSSR count). The number of fused-ring (bicyclic) bond motifs is 1. The van der Waals surface area contributed by atoms with Gasteiger partial charge in [0.1, 0.15) is 17.1 Å². The third-order valence-corrected chi connectivity index (χ3v) is 6.55. The molecule has 0 radical (unpaired) electrons. The average molecular weight is 534 g/mol. The van der Waals surface area contributed by atoms with Crippen LogP contribution in [0.5, 0.6) is 11.5 Å². The van der Waals surface area contributed by atoms with Gasteiger partial charge in [0, 0.05) is 29.1 Å². The summed E-state index contributed by atoms with van der Waals surface area (Å²) < 4.78 is 21.8. The second-order valence-corrected chi connectivity index (χ2v) is 10.3. The first-order valence-corrected chi connectivity index (χ1v) is 12.3. The summed E-state index contributed by atoms with van der Waals surface area (Å²) in [5.74, 6) is 1.10. The molecule has 0 bridgehead atoms. The summed E-state index contributed by atoms with van der Waals surface area (Å²) in [5, 5.41) is 4.90. The molecule has 0 aliphatic carbocycles. The maximum atomic E-state index is 12.3. The summed E-state index contributed by atoms with van der Waals surface area (Å²) in [6.45, 7) is 6.49. The zero-order valence-corrected chi connectivity index (χ0v) is 22.4. The van der Waals surface area contributed by atoms with Crippen LogP contribution < -0.4 is 14.8 Å². The number of benzene rings is 2. The highest BCUT2D eigenvalue weighted by Crippen LogP contribution is 2.46. The molecule has 10 heteroatoms. The second kappa shape index (κ2) is 10.7. The molecule has 1 aromatic heterocycles. The van der Waals surface area contributed by atoms with Gasteiger partial charge in [0.2, 0.25) is 5.95 Å². The smallest absolute Gasteiger partial charge is 0.306 e. The fraction of sp³-hybridized carbons (Fsp3) is 0.423. The van der Waals surface area contributed by atoms with Gasteiger partial charge < -0.3 is 24.3 Å². The lowest BCUT2D eigenvalue weighted by atomic mass is 10.00. The molecule has 0 amide bonds. The molecule has 1 N–H and O–H groups in total. The number of carbonyl (C=O) groups excluding carboxylic acids is 1. The fourth-order valence-corrected chi connectivity index (χ4v) is 4.84. The average Bonchev–Trinajstić information content (AvgIpc) is 3.24. The molecule has 0 saturated carbocycles. The van der Waals surface area contributed by atoms with E-state index in [2.05, 4.69) is 15.3 Å². The molecular formula is C26H29Cl2N3O5. The molecule has 1 aliphatic heterocycles. The number of nitrogens with one attached hydrogen (secondary N) is 1. The minimum atomic E-state index is -0.524. The van der Waals surface area contributed by atoms with Crippen LogP contribution in [0.2, 0.25) is 10.0 Å². The van der Waals surface area contributed by atoms with Gasteiger partial charge in [-0.05, 0) is 38.5 Å². The van der Waals surface area contributed by atoms with E-state index in [0.29, 0.717) is 46.3 Å². The molecule has 1 saturated heterocycles. The van der Waals surface area contributed by atoms with Gasteiger partial charge >= 0.3 is 5.97 Å². The van der Waals surface area contributed by atoms with Crippen molar-refractivity contribution in [2.24, 2.45) is 5.92 Å². The lowest BCUT2D eigenvalue weighted by Gasteiger charge is -2.23. The Morgan fingerprint density at radius 2 is 1.81 bits per heavy atom. The van der Waals surface area contributed by atoms with E-state index < -0.39 is 5.60 Å². The summed E-state index contributed by atoms with van der Waals surface area (Å²) in [4.78, 5) is 21.4. The summed E-state index contributed by atoms with van der Waals surface area (Å²) in [6, 6.07) is 7.22. The first kappa shape index (κ1) is 26.3. The van der Waals surface area contributed by atoms with Crippen molar-refractivity contribution >= 4 is 46.0 Å². The lowest BCUT2D eigenvalue weighted by molar-refractivity contribution is -0.156. The number of nitrogens with zero attached hydrogens (tertiary/aromatic N) is 2. The van der Waals surface area contributed by atoms with Crippen molar-refractivity contribution in [2.45, 2.75) is 38.8 Å². The van der Waals surface area contributed by atoms with E-state index in [0.717, 1.165) is 16.5 Å². The van der Waals surface area contributed by atoms with Crippen molar-refractivity contribution in [1.82, 2.24) is 9.97 Å². The van der Waals surface area contributed by atoms with Crippen molar-refractivity contribution in [3.63, 3.8) is 0 Å². The van der Waals surface area contributed by atoms with Gasteiger partial charge in [-0.3, -0.25) is 4.79 Å². The Kier molecular flexibility index (Phi) is 7.78. The van der Waals surface area contributed by atoms with Crippen LogP contribution in [0.3, 0.4) is 0 Å². The summed E-state index contributed by atoms with van der Waals surface area (Å²) in [7, 11) is 3.07. The van der Waals surface area contributed by atoms with E-state index in [1.54, 1.807) is 12.3 Å². The largest absolute Gasteiger partial charge is 0.495 e. The minimum absolute atomic E-state index is 0.0335. The van der Waals surface area contributed by atoms with Crippen LogP contribution in [0.25, 0.3) is 22.0 Å². The number of halogens is 2. The predicted molar refractivity (Wildman–Crippen MR) is 140 cm³/mol. The van der Waals surface area contributed by atoms with Gasteiger partial charge in [0.25, 0.3) is 0 Å². The zero-order chi connectivity index (χ0) is 26.0. The monoisotopic (exact) mass is 533 g/mol. The summed E-state index contributed by atoms with van der Waals surface area (Å²) >= 11 is 13.2. The van der Waals surface area contributed by atoms with Crippen molar-refractivity contribution in [2.75, 3.05) is 32.8 Å². The summed E-state index contributed by atoms with van der Waals surface area (Å²) in [6.07, 6.45) is 1.99. The number of carbonyl (C=O) groups is 1. The Balaban J connectivity index is 1.56. The number of esters is 1. The van der Waals surface area contributed by atoms with Crippen molar-refractivity contribution in [1.29, 1.82) is 0 Å². The van der Waals surface area contributed by atoms with Crippen molar-refractivity contribution < 1.29 is 23.7 Å². The number of rotatable bonds is 7. The normalized spacial score (nSPS) is 17.8. The van der Waals surface area contributed by atoms with Crippen LogP contribution in [-0.4, -0.2) is 55.0 Å². The summed E-state index contributed by atoms with van der Waals surface area (Å²) in [5.41, 5.74) is 1.60. The van der Waals surface area contributed by atoms with Gasteiger partial charge in [-0.1, -0.05) is 29.3 Å². The van der Waals surface area contributed by atoms with Crippen LogP contribution in [-0.2, 0) is 14.3 Å². The van der Waals surface area contributed by atoms with Crippen LogP contribution in [0.15, 0.2) is 30.5 Å². The Morgan fingerprint density at radius 3 is 2.44 bits per heavy atom. The molecule has 2 aromatic carbocycles. The predicted octanol–water partition coefficient (Wildman–Crippen LogP) is 5.78. The third-order valence-electron chi connectivity index (χ3n) is 5.80. The molecule has 1 fully saturated rings. The molecule has 3 aromatic rings. The van der Waals surface area contributed by atoms with E-state index >= 15 is 0 Å². The van der Waals surface area contributed by atoms with Gasteiger partial charge in [-0.15, -0.1) is 0 Å². The fourth-order valence-electron chi connectivity index (χ4n) is 4.12. The van der Waals surface area contributed by atoms with Gasteiger partial charge in [0.15, 0.2) is 0 Å². The molecule has 1 unspecified atom stereocenters. The van der Waals surface area contributed by atoms with Gasteiger partial charge in [-0.2, -0.15) is 0 Å². The Morgan fingerprint density at radius 1 is 1.11 bits per heavy atom. The van der Waals surface area contributed by atoms with E-state index in [1.807, 2.05) is 39.0 Å². The molecule has 36 heavy (non-hydrogen) atoms. The first-order valence-electron chi connectivity index (χ1n) is 11.5. The number of methoxy groups -OCH3 is 2. The number of anilines is 1. The second-order valence-electron chi connectivity index (χ2n) is 9.59. The maximum absolute atomic E-state index is 12.3. The van der Waals surface area contributed by atoms with Gasteiger partial charge in [-0.25, -0.2) is 9.97 Å². The molecular weight excluding hydrogens is 505 g/mol. The first-order chi connectivity index (χ1) is 17.1. The van der Waals surface area contributed by atoms with Crippen LogP contribution in [0, 0.1) is 5.92 Å². The molecule has 2 heterocycles.